The summed E-state index contributed by atoms with van der Waals surface area (Å²) in [6.07, 6.45) is 8.92. The lowest BCUT2D eigenvalue weighted by atomic mass is 10.0. The van der Waals surface area contributed by atoms with Crippen molar-refractivity contribution in [2.75, 3.05) is 6.54 Å². The average molecular weight is 340 g/mol. The van der Waals surface area contributed by atoms with Gasteiger partial charge >= 0.3 is 0 Å². The number of aryl methyl sites for hydroxylation is 2. The molecule has 0 radical (unpaired) electrons. The van der Waals surface area contributed by atoms with Crippen LogP contribution in [-0.2, 0) is 13.0 Å². The summed E-state index contributed by atoms with van der Waals surface area (Å²) in [5.41, 5.74) is 1.34. The van der Waals surface area contributed by atoms with Crippen LogP contribution in [-0.4, -0.2) is 16.1 Å². The molecule has 3 heterocycles. The van der Waals surface area contributed by atoms with Crippen molar-refractivity contribution >= 4 is 27.3 Å². The number of thiophene rings is 1. The molecular weight excluding hydrogens is 322 g/mol. The molecule has 5 heteroatoms. The van der Waals surface area contributed by atoms with Gasteiger partial charge in [-0.15, -0.1) is 11.3 Å². The number of rotatable bonds is 4. The first kappa shape index (κ1) is 13.3. The second-order valence-corrected chi connectivity index (χ2v) is 7.52. The molecule has 1 saturated heterocycles. The maximum absolute atomic E-state index is 4.33. The van der Waals surface area contributed by atoms with Crippen LogP contribution in [0.15, 0.2) is 28.4 Å². The Balaban J connectivity index is 1.66. The van der Waals surface area contributed by atoms with Crippen LogP contribution in [0.3, 0.4) is 0 Å². The van der Waals surface area contributed by atoms with Gasteiger partial charge in [0.2, 0.25) is 0 Å². The first-order chi connectivity index (χ1) is 9.33. The fraction of sp³-hybridized carbons (Fsp3) is 0.500. The Bertz CT molecular complexity index is 528. The van der Waals surface area contributed by atoms with Crippen LogP contribution in [0.25, 0.3) is 0 Å². The molecule has 2 aromatic heterocycles. The van der Waals surface area contributed by atoms with Crippen molar-refractivity contribution in [1.29, 1.82) is 0 Å². The predicted molar refractivity (Wildman–Crippen MR) is 82.5 cm³/mol. The van der Waals surface area contributed by atoms with E-state index in [9.17, 15) is 0 Å². The number of nitrogens with one attached hydrogen (secondary N) is 1. The highest BCUT2D eigenvalue weighted by Gasteiger charge is 2.18. The third-order valence-corrected chi connectivity index (χ3v) is 5.32. The molecule has 0 saturated carbocycles. The Kier molecular flexibility index (Phi) is 4.35. The van der Waals surface area contributed by atoms with Gasteiger partial charge in [0.15, 0.2) is 0 Å². The number of imidazole rings is 1. The van der Waals surface area contributed by atoms with Crippen molar-refractivity contribution in [3.8, 4) is 0 Å². The maximum atomic E-state index is 4.33. The smallest absolute Gasteiger partial charge is 0.0948 e. The van der Waals surface area contributed by atoms with E-state index >= 15 is 0 Å². The quantitative estimate of drug-likeness (QED) is 0.918. The average Bonchev–Trinajstić information content (AvgIpc) is 3.06. The van der Waals surface area contributed by atoms with Crippen LogP contribution >= 0.6 is 27.3 Å². The zero-order valence-electron chi connectivity index (χ0n) is 10.8. The van der Waals surface area contributed by atoms with Gasteiger partial charge in [0, 0.05) is 23.7 Å². The minimum atomic E-state index is 0.492. The standard InChI is InChI=1S/C14H18BrN3S/c15-14-5-4-11(19-14)6-8-18-10-16-9-13(18)12-3-1-2-7-17-12/h4-5,9-10,12,17H,1-3,6-8H2. The largest absolute Gasteiger partial charge is 0.333 e. The van der Waals surface area contributed by atoms with Gasteiger partial charge in [-0.1, -0.05) is 6.42 Å². The number of nitrogens with zero attached hydrogens (tertiary/aromatic N) is 2. The Morgan fingerprint density at radius 2 is 2.37 bits per heavy atom. The molecule has 1 atom stereocenters. The van der Waals surface area contributed by atoms with Gasteiger partial charge < -0.3 is 9.88 Å². The van der Waals surface area contributed by atoms with Gasteiger partial charge in [0.05, 0.1) is 15.8 Å². The van der Waals surface area contributed by atoms with Gasteiger partial charge in [-0.25, -0.2) is 4.98 Å². The van der Waals surface area contributed by atoms with Crippen molar-refractivity contribution in [3.05, 3.63) is 39.0 Å². The summed E-state index contributed by atoms with van der Waals surface area (Å²) in [7, 11) is 0. The van der Waals surface area contributed by atoms with Crippen LogP contribution in [0.5, 0.6) is 0 Å². The van der Waals surface area contributed by atoms with Crippen molar-refractivity contribution in [2.45, 2.75) is 38.3 Å². The highest BCUT2D eigenvalue weighted by Crippen LogP contribution is 2.25. The molecule has 3 rings (SSSR count). The van der Waals surface area contributed by atoms with E-state index < -0.39 is 0 Å². The highest BCUT2D eigenvalue weighted by molar-refractivity contribution is 9.11. The SMILES string of the molecule is Brc1ccc(CCn2cncc2C2CCCCN2)s1. The lowest BCUT2D eigenvalue weighted by Gasteiger charge is -2.24. The lowest BCUT2D eigenvalue weighted by Crippen LogP contribution is -2.28. The topological polar surface area (TPSA) is 29.9 Å². The molecule has 1 unspecified atom stereocenters. The van der Waals surface area contributed by atoms with Crippen LogP contribution in [0.1, 0.15) is 35.9 Å². The minimum Gasteiger partial charge on any atom is -0.333 e. The number of hydrogen-bond donors (Lipinski definition) is 1. The molecule has 102 valence electrons. The number of hydrogen-bond acceptors (Lipinski definition) is 3. The summed E-state index contributed by atoms with van der Waals surface area (Å²) in [6, 6.07) is 4.81. The Morgan fingerprint density at radius 1 is 1.42 bits per heavy atom. The summed E-state index contributed by atoms with van der Waals surface area (Å²) in [4.78, 5) is 5.75. The molecule has 1 aliphatic heterocycles. The highest BCUT2D eigenvalue weighted by atomic mass is 79.9. The zero-order valence-corrected chi connectivity index (χ0v) is 13.2. The summed E-state index contributed by atoms with van der Waals surface area (Å²) >= 11 is 5.34. The number of aromatic nitrogens is 2. The van der Waals surface area contributed by atoms with E-state index in [4.69, 9.17) is 0 Å². The molecule has 19 heavy (non-hydrogen) atoms. The van der Waals surface area contributed by atoms with E-state index in [1.807, 2.05) is 23.9 Å². The van der Waals surface area contributed by atoms with Crippen molar-refractivity contribution < 1.29 is 0 Å². The fourth-order valence-corrected chi connectivity index (χ4v) is 4.10. The van der Waals surface area contributed by atoms with Crippen LogP contribution in [0, 0.1) is 0 Å². The van der Waals surface area contributed by atoms with Crippen molar-refractivity contribution in [3.63, 3.8) is 0 Å². The molecule has 0 bridgehead atoms. The van der Waals surface area contributed by atoms with Gasteiger partial charge in [-0.05, 0) is 53.9 Å². The van der Waals surface area contributed by atoms with Gasteiger partial charge in [-0.3, -0.25) is 0 Å². The molecule has 3 nitrogen and oxygen atoms in total. The van der Waals surface area contributed by atoms with E-state index in [0.717, 1.165) is 19.5 Å². The van der Waals surface area contributed by atoms with E-state index in [1.54, 1.807) is 0 Å². The summed E-state index contributed by atoms with van der Waals surface area (Å²) in [6.45, 7) is 2.15. The zero-order chi connectivity index (χ0) is 13.1. The third kappa shape index (κ3) is 3.27. The molecule has 1 aliphatic rings. The van der Waals surface area contributed by atoms with E-state index in [0.29, 0.717) is 6.04 Å². The van der Waals surface area contributed by atoms with Crippen LogP contribution in [0.4, 0.5) is 0 Å². The summed E-state index contributed by atoms with van der Waals surface area (Å²) in [5, 5.41) is 3.60. The predicted octanol–water partition coefficient (Wildman–Crippen LogP) is 3.76. The van der Waals surface area contributed by atoms with E-state index in [1.165, 1.54) is 33.6 Å². The van der Waals surface area contributed by atoms with E-state index in [2.05, 4.69) is 42.9 Å². The normalized spacial score (nSPS) is 19.7. The van der Waals surface area contributed by atoms with Gasteiger partial charge in [0.1, 0.15) is 0 Å². The van der Waals surface area contributed by atoms with Crippen molar-refractivity contribution in [2.24, 2.45) is 0 Å². The molecule has 0 aliphatic carbocycles. The molecular formula is C14H18BrN3S. The number of piperidine rings is 1. The Labute approximate surface area is 126 Å². The van der Waals surface area contributed by atoms with Crippen LogP contribution < -0.4 is 5.32 Å². The molecule has 0 spiro atoms. The molecule has 2 aromatic rings. The van der Waals surface area contributed by atoms with Gasteiger partial charge in [-0.2, -0.15) is 0 Å². The molecule has 0 aromatic carbocycles. The second kappa shape index (κ2) is 6.20. The minimum absolute atomic E-state index is 0.492. The van der Waals surface area contributed by atoms with E-state index in [-0.39, 0.29) is 0 Å². The molecule has 1 N–H and O–H groups in total. The summed E-state index contributed by atoms with van der Waals surface area (Å²) in [5.74, 6) is 0. The van der Waals surface area contributed by atoms with Crippen molar-refractivity contribution in [1.82, 2.24) is 14.9 Å². The third-order valence-electron chi connectivity index (χ3n) is 3.64. The van der Waals surface area contributed by atoms with Gasteiger partial charge in [0.25, 0.3) is 0 Å². The number of halogens is 1. The monoisotopic (exact) mass is 339 g/mol. The Morgan fingerprint density at radius 3 is 3.11 bits per heavy atom. The van der Waals surface area contributed by atoms with Crippen LogP contribution in [0.2, 0.25) is 0 Å². The first-order valence-electron chi connectivity index (χ1n) is 6.80. The second-order valence-electron chi connectivity index (χ2n) is 4.97. The first-order valence-corrected chi connectivity index (χ1v) is 8.41. The lowest BCUT2D eigenvalue weighted by molar-refractivity contribution is 0.393. The summed E-state index contributed by atoms with van der Waals surface area (Å²) < 4.78 is 3.51. The maximum Gasteiger partial charge on any atom is 0.0948 e. The molecule has 1 fully saturated rings. The fourth-order valence-electron chi connectivity index (χ4n) is 2.63. The Hall–Kier alpha value is -0.650. The molecule has 0 amide bonds.